The molecule has 0 amide bonds. The van der Waals surface area contributed by atoms with E-state index in [1.165, 1.54) is 0 Å². The molecule has 0 aromatic heterocycles. The van der Waals surface area contributed by atoms with Gasteiger partial charge in [-0.15, -0.1) is 0 Å². The molecule has 0 spiro atoms. The summed E-state index contributed by atoms with van der Waals surface area (Å²) in [5, 5.41) is 8.50. The topological polar surface area (TPSA) is 80.4 Å². The lowest BCUT2D eigenvalue weighted by Gasteiger charge is -2.11. The number of carboxylic acid groups (broad SMARTS) is 1. The van der Waals surface area contributed by atoms with Crippen LogP contribution in [0.25, 0.3) is 0 Å². The van der Waals surface area contributed by atoms with Crippen molar-refractivity contribution in [3.8, 4) is 0 Å². The highest BCUT2D eigenvalue weighted by atomic mass is 35.5. The number of carboxylic acids is 1. The largest absolute Gasteiger partial charge is 0.480 e. The second-order valence-electron chi connectivity index (χ2n) is 3.52. The van der Waals surface area contributed by atoms with Crippen molar-refractivity contribution in [3.05, 3.63) is 34.9 Å². The van der Waals surface area contributed by atoms with Crippen LogP contribution in [0.5, 0.6) is 0 Å². The van der Waals surface area contributed by atoms with E-state index in [4.69, 9.17) is 22.4 Å². The minimum atomic E-state index is -1.51. The van der Waals surface area contributed by atoms with E-state index in [1.54, 1.807) is 24.3 Å². The molecule has 0 radical (unpaired) electrons. The van der Waals surface area contributed by atoms with E-state index in [2.05, 4.69) is 0 Å². The van der Waals surface area contributed by atoms with E-state index in [0.29, 0.717) is 10.6 Å². The van der Waals surface area contributed by atoms with Crippen LogP contribution in [0, 0.1) is 0 Å². The van der Waals surface area contributed by atoms with Crippen molar-refractivity contribution < 1.29 is 14.1 Å². The average Bonchev–Trinajstić information content (AvgIpc) is 2.28. The van der Waals surface area contributed by atoms with Crippen molar-refractivity contribution >= 4 is 28.4 Å². The molecule has 0 saturated carbocycles. The van der Waals surface area contributed by atoms with Crippen molar-refractivity contribution in [3.63, 3.8) is 0 Å². The van der Waals surface area contributed by atoms with Gasteiger partial charge in [-0.05, 0) is 24.6 Å². The number of halogens is 1. The first-order chi connectivity index (χ1) is 8.06. The summed E-state index contributed by atoms with van der Waals surface area (Å²) in [4.78, 5) is 10.9. The van der Waals surface area contributed by atoms with E-state index >= 15 is 0 Å². The Bertz CT molecular complexity index is 425. The van der Waals surface area contributed by atoms with Gasteiger partial charge in [0.25, 0.3) is 0 Å². The summed E-state index contributed by atoms with van der Waals surface area (Å²) in [6.07, 6.45) is 0.201. The highest BCUT2D eigenvalue weighted by Gasteiger charge is 2.24. The first kappa shape index (κ1) is 14.2. The highest BCUT2D eigenvalue weighted by Crippen LogP contribution is 2.18. The number of hydrogen-bond acceptors (Lipinski definition) is 3. The van der Waals surface area contributed by atoms with Crippen molar-refractivity contribution in [2.24, 2.45) is 5.73 Å². The van der Waals surface area contributed by atoms with Gasteiger partial charge >= 0.3 is 5.97 Å². The van der Waals surface area contributed by atoms with Gasteiger partial charge in [0.1, 0.15) is 5.25 Å². The monoisotopic (exact) mass is 275 g/mol. The second kappa shape index (κ2) is 6.74. The molecule has 0 saturated heterocycles. The number of benzene rings is 1. The maximum absolute atomic E-state index is 11.9. The van der Waals surface area contributed by atoms with Crippen LogP contribution >= 0.6 is 11.6 Å². The Morgan fingerprint density at radius 1 is 1.47 bits per heavy atom. The molecule has 17 heavy (non-hydrogen) atoms. The van der Waals surface area contributed by atoms with Crippen LogP contribution in [-0.2, 0) is 21.3 Å². The smallest absolute Gasteiger partial charge is 0.319 e. The zero-order valence-electron chi connectivity index (χ0n) is 9.14. The molecule has 0 heterocycles. The molecular weight excluding hydrogens is 262 g/mol. The van der Waals surface area contributed by atoms with Crippen LogP contribution in [-0.4, -0.2) is 27.1 Å². The molecular formula is C11H14ClNO3S. The Balaban J connectivity index is 2.77. The molecule has 2 unspecified atom stereocenters. The normalized spacial score (nSPS) is 14.2. The fraction of sp³-hybridized carbons (Fsp3) is 0.364. The van der Waals surface area contributed by atoms with Crippen LogP contribution in [0.1, 0.15) is 12.0 Å². The third kappa shape index (κ3) is 4.11. The predicted octanol–water partition coefficient (Wildman–Crippen LogP) is 1.39. The molecule has 4 nitrogen and oxygen atoms in total. The zero-order valence-corrected chi connectivity index (χ0v) is 10.7. The van der Waals surface area contributed by atoms with Crippen LogP contribution in [0.2, 0.25) is 5.02 Å². The quantitative estimate of drug-likeness (QED) is 0.822. The number of carbonyl (C=O) groups is 1. The molecule has 0 aliphatic carbocycles. The lowest BCUT2D eigenvalue weighted by atomic mass is 10.2. The lowest BCUT2D eigenvalue weighted by molar-refractivity contribution is -0.136. The number of nitrogens with two attached hydrogens (primary N) is 1. The maximum atomic E-state index is 11.9. The van der Waals surface area contributed by atoms with Crippen LogP contribution < -0.4 is 5.73 Å². The van der Waals surface area contributed by atoms with Gasteiger partial charge in [0.15, 0.2) is 0 Å². The van der Waals surface area contributed by atoms with E-state index in [0.717, 1.165) is 0 Å². The molecule has 94 valence electrons. The van der Waals surface area contributed by atoms with Gasteiger partial charge < -0.3 is 10.8 Å². The molecule has 1 rings (SSSR count). The van der Waals surface area contributed by atoms with E-state index in [-0.39, 0.29) is 18.7 Å². The number of hydrogen-bond donors (Lipinski definition) is 2. The van der Waals surface area contributed by atoms with E-state index in [9.17, 15) is 9.00 Å². The van der Waals surface area contributed by atoms with Crippen LogP contribution in [0.15, 0.2) is 24.3 Å². The summed E-state index contributed by atoms with van der Waals surface area (Å²) in [7, 11) is -1.51. The summed E-state index contributed by atoms with van der Waals surface area (Å²) in [5.74, 6) is -0.947. The van der Waals surface area contributed by atoms with E-state index in [1.807, 2.05) is 0 Å². The van der Waals surface area contributed by atoms with Crippen LogP contribution in [0.3, 0.4) is 0 Å². The Morgan fingerprint density at radius 3 is 2.65 bits per heavy atom. The van der Waals surface area contributed by atoms with Gasteiger partial charge in [0.2, 0.25) is 0 Å². The zero-order chi connectivity index (χ0) is 12.8. The molecule has 0 fully saturated rings. The summed E-state index contributed by atoms with van der Waals surface area (Å²) >= 11 is 5.92. The van der Waals surface area contributed by atoms with Gasteiger partial charge in [0, 0.05) is 15.8 Å². The molecule has 3 N–H and O–H groups in total. The SMILES string of the molecule is NCCC(C(=O)O)S(=O)Cc1ccccc1Cl. The van der Waals surface area contributed by atoms with Crippen molar-refractivity contribution in [1.82, 2.24) is 0 Å². The van der Waals surface area contributed by atoms with Crippen molar-refractivity contribution in [2.75, 3.05) is 6.54 Å². The number of aliphatic carboxylic acids is 1. The first-order valence-electron chi connectivity index (χ1n) is 5.09. The van der Waals surface area contributed by atoms with Gasteiger partial charge in [-0.3, -0.25) is 9.00 Å². The number of rotatable bonds is 6. The Labute approximate surface area is 107 Å². The minimum Gasteiger partial charge on any atom is -0.480 e. The van der Waals surface area contributed by atoms with Gasteiger partial charge in [-0.2, -0.15) is 0 Å². The molecule has 1 aromatic rings. The van der Waals surface area contributed by atoms with E-state index < -0.39 is 22.0 Å². The minimum absolute atomic E-state index is 0.136. The Hall–Kier alpha value is -0.910. The van der Waals surface area contributed by atoms with Gasteiger partial charge in [0.05, 0.1) is 5.75 Å². The Morgan fingerprint density at radius 2 is 2.12 bits per heavy atom. The summed E-state index contributed by atoms with van der Waals surface area (Å²) in [6.45, 7) is 0.200. The lowest BCUT2D eigenvalue weighted by Crippen LogP contribution is -2.29. The maximum Gasteiger partial charge on any atom is 0.319 e. The second-order valence-corrected chi connectivity index (χ2v) is 5.55. The average molecular weight is 276 g/mol. The first-order valence-corrected chi connectivity index (χ1v) is 6.85. The summed E-state index contributed by atoms with van der Waals surface area (Å²) < 4.78 is 11.9. The van der Waals surface area contributed by atoms with Crippen molar-refractivity contribution in [1.29, 1.82) is 0 Å². The van der Waals surface area contributed by atoms with Gasteiger partial charge in [-0.25, -0.2) is 0 Å². The van der Waals surface area contributed by atoms with Gasteiger partial charge in [-0.1, -0.05) is 29.8 Å². The fourth-order valence-corrected chi connectivity index (χ4v) is 3.05. The Kier molecular flexibility index (Phi) is 5.61. The van der Waals surface area contributed by atoms with Crippen molar-refractivity contribution in [2.45, 2.75) is 17.4 Å². The van der Waals surface area contributed by atoms with Crippen LogP contribution in [0.4, 0.5) is 0 Å². The third-order valence-electron chi connectivity index (χ3n) is 2.28. The highest BCUT2D eigenvalue weighted by molar-refractivity contribution is 7.85. The third-order valence-corrected chi connectivity index (χ3v) is 4.31. The molecule has 0 aliphatic heterocycles. The molecule has 0 aliphatic rings. The molecule has 6 heteroatoms. The molecule has 1 aromatic carbocycles. The summed E-state index contributed by atoms with van der Waals surface area (Å²) in [6, 6.07) is 6.97. The standard InChI is InChI=1S/C11H14ClNO3S/c12-9-4-2-1-3-8(9)7-17(16)10(5-6-13)11(14)15/h1-4,10H,5-7,13H2,(H,14,15). The summed E-state index contributed by atoms with van der Waals surface area (Å²) in [5.41, 5.74) is 5.99. The molecule has 2 atom stereocenters. The molecule has 0 bridgehead atoms. The predicted molar refractivity (Wildman–Crippen MR) is 68.4 cm³/mol. The fourth-order valence-electron chi connectivity index (χ4n) is 1.39.